The molecule has 2 fully saturated rings. The largest absolute Gasteiger partial charge is 0.465 e. The third kappa shape index (κ3) is 2.30. The smallest absolute Gasteiger partial charge is 0.409 e. The lowest BCUT2D eigenvalue weighted by Crippen LogP contribution is -2.43. The maximum absolute atomic E-state index is 14.2. The molecule has 2 atom stereocenters. The predicted molar refractivity (Wildman–Crippen MR) is 74.6 cm³/mol. The molecule has 2 aliphatic rings. The first-order valence-electron chi connectivity index (χ1n) is 6.41. The Morgan fingerprint density at radius 2 is 1.80 bits per heavy atom. The molecule has 0 radical (unpaired) electrons. The van der Waals surface area contributed by atoms with Crippen molar-refractivity contribution in [2.24, 2.45) is 0 Å². The molecule has 3 rings (SSSR count). The number of thioether (sulfide) groups is 1. The Labute approximate surface area is 119 Å². The highest BCUT2D eigenvalue weighted by molar-refractivity contribution is 7.99. The highest BCUT2D eigenvalue weighted by atomic mass is 32.2. The van der Waals surface area contributed by atoms with Gasteiger partial charge >= 0.3 is 6.09 Å². The van der Waals surface area contributed by atoms with E-state index in [0.717, 1.165) is 36.5 Å². The van der Waals surface area contributed by atoms with Gasteiger partial charge in [-0.2, -0.15) is 11.8 Å². The molecule has 2 bridgehead atoms. The van der Waals surface area contributed by atoms with Gasteiger partial charge in [0.05, 0.1) is 0 Å². The van der Waals surface area contributed by atoms with Gasteiger partial charge in [-0.15, -0.1) is 0 Å². The van der Waals surface area contributed by atoms with Crippen molar-refractivity contribution in [3.05, 3.63) is 23.8 Å². The average molecular weight is 300 g/mol. The Hall–Kier alpha value is -1.50. The molecule has 2 heterocycles. The van der Waals surface area contributed by atoms with E-state index >= 15 is 0 Å². The van der Waals surface area contributed by atoms with Crippen molar-refractivity contribution in [3.63, 3.8) is 0 Å². The van der Waals surface area contributed by atoms with Gasteiger partial charge in [-0.25, -0.2) is 13.6 Å². The van der Waals surface area contributed by atoms with E-state index in [1.54, 1.807) is 0 Å². The van der Waals surface area contributed by atoms with Gasteiger partial charge in [-0.3, -0.25) is 5.32 Å². The zero-order valence-electron chi connectivity index (χ0n) is 10.6. The number of carboxylic acid groups (broad SMARTS) is 1. The molecule has 7 heteroatoms. The van der Waals surface area contributed by atoms with Crippen LogP contribution in [0.2, 0.25) is 0 Å². The van der Waals surface area contributed by atoms with E-state index in [2.05, 4.69) is 0 Å². The molecule has 20 heavy (non-hydrogen) atoms. The lowest BCUT2D eigenvalue weighted by atomic mass is 10.2. The minimum Gasteiger partial charge on any atom is -0.465 e. The Bertz CT molecular complexity index is 516. The number of anilines is 2. The van der Waals surface area contributed by atoms with Crippen LogP contribution in [0.4, 0.5) is 25.0 Å². The summed E-state index contributed by atoms with van der Waals surface area (Å²) >= 11 is 1.82. The number of hydrogen-bond donors (Lipinski definition) is 2. The summed E-state index contributed by atoms with van der Waals surface area (Å²) in [6.07, 6.45) is 0.558. The number of fused-ring (bicyclic) bond motifs is 2. The maximum atomic E-state index is 14.2. The fraction of sp³-hybridized carbons (Fsp3) is 0.462. The van der Waals surface area contributed by atoms with Crippen molar-refractivity contribution >= 4 is 29.2 Å². The van der Waals surface area contributed by atoms with E-state index in [9.17, 15) is 13.6 Å². The van der Waals surface area contributed by atoms with Crippen LogP contribution in [0.5, 0.6) is 0 Å². The topological polar surface area (TPSA) is 52.6 Å². The molecule has 1 aromatic rings. The van der Waals surface area contributed by atoms with Crippen LogP contribution in [-0.4, -0.2) is 34.8 Å². The lowest BCUT2D eigenvalue weighted by Gasteiger charge is -2.36. The quantitative estimate of drug-likeness (QED) is 0.881. The predicted octanol–water partition coefficient (Wildman–Crippen LogP) is 3.14. The SMILES string of the molecule is O=C(O)Nc1cc(F)c(N2C3CCC2CSC3)c(F)c1. The minimum atomic E-state index is -1.34. The summed E-state index contributed by atoms with van der Waals surface area (Å²) in [4.78, 5) is 12.4. The number of rotatable bonds is 2. The second-order valence-electron chi connectivity index (χ2n) is 5.05. The first-order valence-corrected chi connectivity index (χ1v) is 7.57. The first-order chi connectivity index (χ1) is 9.56. The van der Waals surface area contributed by atoms with Gasteiger partial charge in [0.15, 0.2) is 11.6 Å². The molecule has 1 amide bonds. The molecular weight excluding hydrogens is 286 g/mol. The molecule has 0 aliphatic carbocycles. The standard InChI is InChI=1S/C13H14F2N2O2S/c14-10-3-7(16-13(18)19)4-11(15)12(10)17-8-1-2-9(17)6-20-5-8/h3-4,8-9,16H,1-2,5-6H2,(H,18,19). The van der Waals surface area contributed by atoms with Gasteiger partial charge < -0.3 is 10.0 Å². The zero-order chi connectivity index (χ0) is 14.3. The van der Waals surface area contributed by atoms with Crippen LogP contribution in [0.3, 0.4) is 0 Å². The summed E-state index contributed by atoms with van der Waals surface area (Å²) < 4.78 is 28.4. The van der Waals surface area contributed by atoms with E-state index in [1.807, 2.05) is 22.0 Å². The monoisotopic (exact) mass is 300 g/mol. The molecule has 108 valence electrons. The Morgan fingerprint density at radius 1 is 1.25 bits per heavy atom. The van der Waals surface area contributed by atoms with E-state index in [1.165, 1.54) is 0 Å². The van der Waals surface area contributed by atoms with Crippen LogP contribution < -0.4 is 10.2 Å². The summed E-state index contributed by atoms with van der Waals surface area (Å²) in [5, 5.41) is 10.6. The van der Waals surface area contributed by atoms with Crippen molar-refractivity contribution in [2.45, 2.75) is 24.9 Å². The fourth-order valence-corrected chi connectivity index (χ4v) is 4.34. The van der Waals surface area contributed by atoms with E-state index in [4.69, 9.17) is 5.11 Å². The van der Waals surface area contributed by atoms with Crippen molar-refractivity contribution in [1.29, 1.82) is 0 Å². The molecule has 0 spiro atoms. The highest BCUT2D eigenvalue weighted by Crippen LogP contribution is 2.40. The molecule has 2 aliphatic heterocycles. The second kappa shape index (κ2) is 5.12. The fourth-order valence-electron chi connectivity index (χ4n) is 3.00. The second-order valence-corrected chi connectivity index (χ2v) is 6.12. The number of amides is 1. The summed E-state index contributed by atoms with van der Waals surface area (Å²) in [5.74, 6) is 0.338. The van der Waals surface area contributed by atoms with Gasteiger partial charge in [0, 0.05) is 29.3 Å². The number of hydrogen-bond acceptors (Lipinski definition) is 3. The van der Waals surface area contributed by atoms with Gasteiger partial charge in [-0.1, -0.05) is 0 Å². The normalized spacial score (nSPS) is 24.8. The van der Waals surface area contributed by atoms with Crippen LogP contribution in [0, 0.1) is 11.6 Å². The maximum Gasteiger partial charge on any atom is 0.409 e. The number of carbonyl (C=O) groups is 1. The van der Waals surface area contributed by atoms with Gasteiger partial charge in [0.1, 0.15) is 5.69 Å². The lowest BCUT2D eigenvalue weighted by molar-refractivity contribution is 0.209. The number of halogens is 2. The minimum absolute atomic E-state index is 0.0197. The number of benzene rings is 1. The molecular formula is C13H14F2N2O2S. The molecule has 2 saturated heterocycles. The molecule has 1 aromatic carbocycles. The van der Waals surface area contributed by atoms with Gasteiger partial charge in [-0.05, 0) is 25.0 Å². The van der Waals surface area contributed by atoms with Crippen LogP contribution in [-0.2, 0) is 0 Å². The van der Waals surface area contributed by atoms with Gasteiger partial charge in [0.2, 0.25) is 0 Å². The van der Waals surface area contributed by atoms with Gasteiger partial charge in [0.25, 0.3) is 0 Å². The molecule has 0 saturated carbocycles. The third-order valence-corrected chi connectivity index (χ3v) is 5.01. The summed E-state index contributed by atoms with van der Waals surface area (Å²) in [5.41, 5.74) is -0.108. The molecule has 0 aromatic heterocycles. The van der Waals surface area contributed by atoms with Crippen molar-refractivity contribution in [1.82, 2.24) is 0 Å². The van der Waals surface area contributed by atoms with Crippen molar-refractivity contribution < 1.29 is 18.7 Å². The van der Waals surface area contributed by atoms with Crippen LogP contribution in [0.25, 0.3) is 0 Å². The summed E-state index contributed by atoms with van der Waals surface area (Å²) in [6.45, 7) is 0. The Kier molecular flexibility index (Phi) is 3.45. The average Bonchev–Trinajstić information content (AvgIpc) is 2.59. The zero-order valence-corrected chi connectivity index (χ0v) is 11.4. The van der Waals surface area contributed by atoms with Crippen LogP contribution >= 0.6 is 11.8 Å². The molecule has 2 unspecified atom stereocenters. The Morgan fingerprint density at radius 3 is 2.30 bits per heavy atom. The van der Waals surface area contributed by atoms with Crippen LogP contribution in [0.15, 0.2) is 12.1 Å². The summed E-state index contributed by atoms with van der Waals surface area (Å²) in [7, 11) is 0. The van der Waals surface area contributed by atoms with Crippen molar-refractivity contribution in [2.75, 3.05) is 21.7 Å². The Balaban J connectivity index is 1.96. The third-order valence-electron chi connectivity index (χ3n) is 3.77. The molecule has 4 nitrogen and oxygen atoms in total. The van der Waals surface area contributed by atoms with Crippen LogP contribution in [0.1, 0.15) is 12.8 Å². The number of nitrogens with one attached hydrogen (secondary N) is 1. The number of nitrogens with zero attached hydrogens (tertiary/aromatic N) is 1. The van der Waals surface area contributed by atoms with E-state index < -0.39 is 17.7 Å². The van der Waals surface area contributed by atoms with E-state index in [-0.39, 0.29) is 23.5 Å². The summed E-state index contributed by atoms with van der Waals surface area (Å²) in [6, 6.07) is 2.41. The van der Waals surface area contributed by atoms with Crippen molar-refractivity contribution in [3.8, 4) is 0 Å². The first kappa shape index (κ1) is 13.5. The van der Waals surface area contributed by atoms with E-state index in [0.29, 0.717) is 0 Å². The molecule has 2 N–H and O–H groups in total. The highest BCUT2D eigenvalue weighted by Gasteiger charge is 2.39.